The fourth-order valence-corrected chi connectivity index (χ4v) is 3.16. The van der Waals surface area contributed by atoms with Crippen LogP contribution in [0.4, 0.5) is 0 Å². The number of hydrogen-bond acceptors (Lipinski definition) is 2. The molecule has 0 radical (unpaired) electrons. The summed E-state index contributed by atoms with van der Waals surface area (Å²) < 4.78 is 5.53. The fraction of sp³-hybridized carbons (Fsp3) is 0.368. The van der Waals surface area contributed by atoms with Gasteiger partial charge >= 0.3 is 0 Å². The molecule has 0 aliphatic carbocycles. The summed E-state index contributed by atoms with van der Waals surface area (Å²) in [6.07, 6.45) is 3.78. The monoisotopic (exact) mass is 281 g/mol. The zero-order valence-electron chi connectivity index (χ0n) is 12.6. The minimum Gasteiger partial charge on any atom is -0.496 e. The van der Waals surface area contributed by atoms with Crippen LogP contribution in [0.1, 0.15) is 18.4 Å². The lowest BCUT2D eigenvalue weighted by Crippen LogP contribution is -2.30. The van der Waals surface area contributed by atoms with Crippen LogP contribution in [0.15, 0.2) is 48.5 Å². The molecule has 1 heterocycles. The van der Waals surface area contributed by atoms with Gasteiger partial charge in [-0.15, -0.1) is 0 Å². The summed E-state index contributed by atoms with van der Waals surface area (Å²) >= 11 is 0. The smallest absolute Gasteiger partial charge is 0.126 e. The molecule has 3 rings (SSSR count). The van der Waals surface area contributed by atoms with Crippen LogP contribution in [0.2, 0.25) is 0 Å². The van der Waals surface area contributed by atoms with E-state index in [4.69, 9.17) is 4.74 Å². The van der Waals surface area contributed by atoms with E-state index in [2.05, 4.69) is 47.8 Å². The van der Waals surface area contributed by atoms with Gasteiger partial charge in [0.15, 0.2) is 0 Å². The van der Waals surface area contributed by atoms with Crippen molar-refractivity contribution in [2.45, 2.75) is 19.3 Å². The lowest BCUT2D eigenvalue weighted by molar-refractivity contribution is 0.375. The first-order valence-electron chi connectivity index (χ1n) is 7.80. The van der Waals surface area contributed by atoms with Crippen LogP contribution < -0.4 is 10.1 Å². The summed E-state index contributed by atoms with van der Waals surface area (Å²) in [6, 6.07) is 17.1. The Hall–Kier alpha value is -1.80. The van der Waals surface area contributed by atoms with Crippen LogP contribution in [0.5, 0.6) is 5.75 Å². The molecular formula is C19H23NO. The van der Waals surface area contributed by atoms with E-state index in [1.54, 1.807) is 7.11 Å². The lowest BCUT2D eigenvalue weighted by Gasteiger charge is -2.23. The molecule has 2 aromatic rings. The van der Waals surface area contributed by atoms with Crippen molar-refractivity contribution in [1.29, 1.82) is 0 Å². The number of hydrogen-bond donors (Lipinski definition) is 1. The van der Waals surface area contributed by atoms with Gasteiger partial charge in [-0.2, -0.15) is 0 Å². The van der Waals surface area contributed by atoms with Crippen molar-refractivity contribution in [1.82, 2.24) is 5.32 Å². The molecule has 0 bridgehead atoms. The van der Waals surface area contributed by atoms with Gasteiger partial charge in [-0.05, 0) is 61.5 Å². The second-order valence-corrected chi connectivity index (χ2v) is 5.82. The predicted molar refractivity (Wildman–Crippen MR) is 87.7 cm³/mol. The van der Waals surface area contributed by atoms with E-state index in [0.717, 1.165) is 24.6 Å². The highest BCUT2D eigenvalue weighted by molar-refractivity contribution is 5.71. The Bertz CT molecular complexity index is 573. The van der Waals surface area contributed by atoms with Crippen LogP contribution in [0.3, 0.4) is 0 Å². The van der Waals surface area contributed by atoms with Crippen molar-refractivity contribution in [3.05, 3.63) is 54.1 Å². The topological polar surface area (TPSA) is 21.3 Å². The highest BCUT2D eigenvalue weighted by Gasteiger charge is 2.15. The first-order chi connectivity index (χ1) is 10.4. The van der Waals surface area contributed by atoms with Gasteiger partial charge in [0.1, 0.15) is 5.75 Å². The molecule has 1 N–H and O–H groups in total. The van der Waals surface area contributed by atoms with Crippen LogP contribution in [-0.2, 0) is 6.42 Å². The third-order valence-corrected chi connectivity index (χ3v) is 4.27. The molecule has 2 nitrogen and oxygen atoms in total. The van der Waals surface area contributed by atoms with Crippen molar-refractivity contribution in [2.75, 3.05) is 20.2 Å². The quantitative estimate of drug-likeness (QED) is 0.917. The third kappa shape index (κ3) is 3.45. The molecule has 2 heteroatoms. The summed E-state index contributed by atoms with van der Waals surface area (Å²) in [7, 11) is 1.74. The molecule has 1 unspecified atom stereocenters. The largest absolute Gasteiger partial charge is 0.496 e. The Morgan fingerprint density at radius 2 is 2.00 bits per heavy atom. The maximum atomic E-state index is 5.53. The summed E-state index contributed by atoms with van der Waals surface area (Å²) in [6.45, 7) is 2.32. The summed E-state index contributed by atoms with van der Waals surface area (Å²) in [5, 5.41) is 3.50. The normalized spacial score (nSPS) is 18.4. The van der Waals surface area contributed by atoms with Gasteiger partial charge in [0, 0.05) is 5.56 Å². The van der Waals surface area contributed by atoms with Gasteiger partial charge in [0.2, 0.25) is 0 Å². The molecule has 1 fully saturated rings. The summed E-state index contributed by atoms with van der Waals surface area (Å²) in [5.41, 5.74) is 3.82. The standard InChI is InChI=1S/C19H23NO/c1-21-19-10-9-15(12-16-6-5-11-20-14-16)13-18(19)17-7-3-2-4-8-17/h2-4,7-10,13,16,20H,5-6,11-12,14H2,1H3. The molecule has 110 valence electrons. The molecule has 1 aliphatic heterocycles. The molecule has 1 atom stereocenters. The molecule has 0 spiro atoms. The number of ether oxygens (including phenoxy) is 1. The Morgan fingerprint density at radius 1 is 1.14 bits per heavy atom. The number of nitrogens with one attached hydrogen (secondary N) is 1. The molecule has 1 aliphatic rings. The van der Waals surface area contributed by atoms with Crippen LogP contribution in [0, 0.1) is 5.92 Å². The molecule has 1 saturated heterocycles. The molecule has 0 aromatic heterocycles. The highest BCUT2D eigenvalue weighted by Crippen LogP contribution is 2.31. The van der Waals surface area contributed by atoms with E-state index in [0.29, 0.717) is 0 Å². The van der Waals surface area contributed by atoms with E-state index in [1.807, 2.05) is 6.07 Å². The second-order valence-electron chi connectivity index (χ2n) is 5.82. The number of methoxy groups -OCH3 is 1. The molecule has 0 saturated carbocycles. The SMILES string of the molecule is COc1ccc(CC2CCCNC2)cc1-c1ccccc1. The Balaban J connectivity index is 1.86. The van der Waals surface area contributed by atoms with Crippen molar-refractivity contribution in [3.63, 3.8) is 0 Å². The van der Waals surface area contributed by atoms with E-state index >= 15 is 0 Å². The minimum atomic E-state index is 0.760. The zero-order chi connectivity index (χ0) is 14.5. The molecular weight excluding hydrogens is 258 g/mol. The lowest BCUT2D eigenvalue weighted by atomic mass is 9.91. The van der Waals surface area contributed by atoms with Gasteiger partial charge in [0.05, 0.1) is 7.11 Å². The van der Waals surface area contributed by atoms with E-state index in [-0.39, 0.29) is 0 Å². The summed E-state index contributed by atoms with van der Waals surface area (Å²) in [5.74, 6) is 1.71. The van der Waals surface area contributed by atoms with Crippen molar-refractivity contribution < 1.29 is 4.74 Å². The van der Waals surface area contributed by atoms with Gasteiger partial charge in [-0.3, -0.25) is 0 Å². The van der Waals surface area contributed by atoms with E-state index < -0.39 is 0 Å². The molecule has 0 amide bonds. The fourth-order valence-electron chi connectivity index (χ4n) is 3.16. The summed E-state index contributed by atoms with van der Waals surface area (Å²) in [4.78, 5) is 0. The predicted octanol–water partition coefficient (Wildman–Crippen LogP) is 3.90. The van der Waals surface area contributed by atoms with Gasteiger partial charge in [-0.25, -0.2) is 0 Å². The zero-order valence-corrected chi connectivity index (χ0v) is 12.6. The molecule has 21 heavy (non-hydrogen) atoms. The minimum absolute atomic E-state index is 0.760. The Labute approximate surface area is 127 Å². The van der Waals surface area contributed by atoms with Crippen LogP contribution in [0.25, 0.3) is 11.1 Å². The van der Waals surface area contributed by atoms with Gasteiger partial charge < -0.3 is 10.1 Å². The molecule has 2 aromatic carbocycles. The first-order valence-corrected chi connectivity index (χ1v) is 7.80. The highest BCUT2D eigenvalue weighted by atomic mass is 16.5. The average molecular weight is 281 g/mol. The number of piperidine rings is 1. The average Bonchev–Trinajstić information content (AvgIpc) is 2.56. The third-order valence-electron chi connectivity index (χ3n) is 4.27. The maximum Gasteiger partial charge on any atom is 0.126 e. The van der Waals surface area contributed by atoms with Crippen LogP contribution >= 0.6 is 0 Å². The van der Waals surface area contributed by atoms with Gasteiger partial charge in [0.25, 0.3) is 0 Å². The second kappa shape index (κ2) is 6.77. The maximum absolute atomic E-state index is 5.53. The van der Waals surface area contributed by atoms with E-state index in [9.17, 15) is 0 Å². The van der Waals surface area contributed by atoms with Crippen molar-refractivity contribution in [2.24, 2.45) is 5.92 Å². The van der Waals surface area contributed by atoms with Crippen molar-refractivity contribution >= 4 is 0 Å². The van der Waals surface area contributed by atoms with Crippen LogP contribution in [-0.4, -0.2) is 20.2 Å². The van der Waals surface area contributed by atoms with Crippen molar-refractivity contribution in [3.8, 4) is 16.9 Å². The first kappa shape index (κ1) is 14.2. The Kier molecular flexibility index (Phi) is 4.56. The van der Waals surface area contributed by atoms with E-state index in [1.165, 1.54) is 36.1 Å². The number of rotatable bonds is 4. The Morgan fingerprint density at radius 3 is 2.71 bits per heavy atom. The van der Waals surface area contributed by atoms with Gasteiger partial charge in [-0.1, -0.05) is 36.4 Å². The number of benzene rings is 2.